The zero-order valence-electron chi connectivity index (χ0n) is 30.7. The molecule has 5 heteroatoms. The minimum atomic E-state index is -0.797. The lowest BCUT2D eigenvalue weighted by Crippen LogP contribution is -2.28. The molecule has 0 aliphatic rings. The van der Waals surface area contributed by atoms with Gasteiger partial charge in [0.25, 0.3) is 0 Å². The third-order valence-corrected chi connectivity index (χ3v) is 7.67. The average molecular weight is 667 g/mol. The van der Waals surface area contributed by atoms with Gasteiger partial charge >= 0.3 is 11.9 Å². The summed E-state index contributed by atoms with van der Waals surface area (Å²) >= 11 is 0. The minimum absolute atomic E-state index is 0.0940. The van der Waals surface area contributed by atoms with Crippen LogP contribution in [0.4, 0.5) is 0 Å². The van der Waals surface area contributed by atoms with Crippen molar-refractivity contribution >= 4 is 11.9 Å². The van der Waals surface area contributed by atoms with Gasteiger partial charge in [0.15, 0.2) is 6.10 Å². The molecule has 0 saturated carbocycles. The van der Waals surface area contributed by atoms with E-state index in [-0.39, 0.29) is 25.2 Å². The zero-order valence-corrected chi connectivity index (χ0v) is 30.7. The predicted octanol–water partition coefficient (Wildman–Crippen LogP) is 11.9. The highest BCUT2D eigenvalue weighted by molar-refractivity contribution is 5.70. The molecular formula is C43H70O5. The number of carbonyl (C=O) groups is 2. The maximum absolute atomic E-state index is 12.1. The van der Waals surface area contributed by atoms with E-state index in [4.69, 9.17) is 9.47 Å². The minimum Gasteiger partial charge on any atom is -0.462 e. The van der Waals surface area contributed by atoms with Crippen LogP contribution in [0.2, 0.25) is 0 Å². The molecule has 0 rings (SSSR count). The second-order valence-corrected chi connectivity index (χ2v) is 12.3. The third kappa shape index (κ3) is 35.9. The van der Waals surface area contributed by atoms with Crippen molar-refractivity contribution in [3.63, 3.8) is 0 Å². The van der Waals surface area contributed by atoms with Crippen molar-refractivity contribution in [2.75, 3.05) is 13.2 Å². The summed E-state index contributed by atoms with van der Waals surface area (Å²) < 4.78 is 10.6. The van der Waals surface area contributed by atoms with E-state index in [2.05, 4.69) is 98.9 Å². The number of aliphatic hydroxyl groups is 1. The number of allylic oxidation sites excluding steroid dienone is 14. The van der Waals surface area contributed by atoms with Crippen LogP contribution in [0.1, 0.15) is 155 Å². The molecule has 0 spiro atoms. The van der Waals surface area contributed by atoms with Gasteiger partial charge in [-0.1, -0.05) is 137 Å². The lowest BCUT2D eigenvalue weighted by Gasteiger charge is -2.15. The molecule has 1 unspecified atom stereocenters. The molecule has 0 aromatic rings. The topological polar surface area (TPSA) is 72.8 Å². The van der Waals surface area contributed by atoms with Crippen molar-refractivity contribution in [1.29, 1.82) is 0 Å². The Balaban J connectivity index is 3.70. The fraction of sp³-hybridized carbons (Fsp3) is 0.628. The van der Waals surface area contributed by atoms with E-state index in [0.29, 0.717) is 12.8 Å². The van der Waals surface area contributed by atoms with Gasteiger partial charge in [0, 0.05) is 12.8 Å². The van der Waals surface area contributed by atoms with Gasteiger partial charge in [0.05, 0.1) is 6.61 Å². The molecule has 0 fully saturated rings. The van der Waals surface area contributed by atoms with E-state index in [0.717, 1.165) is 96.3 Å². The molecule has 0 saturated heterocycles. The largest absolute Gasteiger partial charge is 0.462 e. The Hall–Kier alpha value is -2.92. The summed E-state index contributed by atoms with van der Waals surface area (Å²) in [6.07, 6.45) is 52.1. The molecule has 0 aromatic heterocycles. The summed E-state index contributed by atoms with van der Waals surface area (Å²) in [4.78, 5) is 24.2. The van der Waals surface area contributed by atoms with Crippen LogP contribution in [0, 0.1) is 0 Å². The maximum Gasteiger partial charge on any atom is 0.306 e. The van der Waals surface area contributed by atoms with E-state index >= 15 is 0 Å². The quantitative estimate of drug-likeness (QED) is 0.0429. The van der Waals surface area contributed by atoms with E-state index < -0.39 is 6.10 Å². The number of ether oxygens (including phenoxy) is 2. The van der Waals surface area contributed by atoms with Crippen molar-refractivity contribution in [3.8, 4) is 0 Å². The van der Waals surface area contributed by atoms with Crippen molar-refractivity contribution in [3.05, 3.63) is 85.1 Å². The molecule has 1 atom stereocenters. The van der Waals surface area contributed by atoms with Gasteiger partial charge in [-0.2, -0.15) is 0 Å². The molecule has 0 bridgehead atoms. The van der Waals surface area contributed by atoms with Gasteiger partial charge in [-0.15, -0.1) is 0 Å². The Morgan fingerprint density at radius 2 is 0.896 bits per heavy atom. The summed E-state index contributed by atoms with van der Waals surface area (Å²) in [5, 5.41) is 9.54. The van der Waals surface area contributed by atoms with Gasteiger partial charge in [0.1, 0.15) is 6.61 Å². The first-order valence-electron chi connectivity index (χ1n) is 19.1. The van der Waals surface area contributed by atoms with Crippen LogP contribution in [-0.4, -0.2) is 36.4 Å². The van der Waals surface area contributed by atoms with Crippen molar-refractivity contribution in [2.45, 2.75) is 161 Å². The molecule has 5 nitrogen and oxygen atoms in total. The van der Waals surface area contributed by atoms with Crippen molar-refractivity contribution in [2.24, 2.45) is 0 Å². The van der Waals surface area contributed by atoms with E-state index in [9.17, 15) is 14.7 Å². The highest BCUT2D eigenvalue weighted by Gasteiger charge is 2.16. The van der Waals surface area contributed by atoms with Crippen LogP contribution in [0.3, 0.4) is 0 Å². The third-order valence-electron chi connectivity index (χ3n) is 7.67. The number of unbranched alkanes of at least 4 members (excludes halogenated alkanes) is 11. The summed E-state index contributed by atoms with van der Waals surface area (Å²) in [5.74, 6) is -0.654. The Morgan fingerprint density at radius 3 is 1.38 bits per heavy atom. The van der Waals surface area contributed by atoms with Crippen molar-refractivity contribution in [1.82, 2.24) is 0 Å². The van der Waals surface area contributed by atoms with Crippen LogP contribution in [0.15, 0.2) is 85.1 Å². The average Bonchev–Trinajstić information content (AvgIpc) is 3.09. The SMILES string of the molecule is CCC=CCC=CCC=CCC=CCC=CCCCCCC(=O)OCC(CO)OC(=O)CCCCCCCC=CCC=CCCCCC. The number of hydrogen-bond acceptors (Lipinski definition) is 5. The monoisotopic (exact) mass is 667 g/mol. The fourth-order valence-electron chi connectivity index (χ4n) is 4.78. The lowest BCUT2D eigenvalue weighted by molar-refractivity contribution is -0.161. The van der Waals surface area contributed by atoms with Crippen LogP contribution < -0.4 is 0 Å². The van der Waals surface area contributed by atoms with Crippen molar-refractivity contribution < 1.29 is 24.2 Å². The Labute approximate surface area is 295 Å². The van der Waals surface area contributed by atoms with Gasteiger partial charge < -0.3 is 14.6 Å². The number of aliphatic hydroxyl groups excluding tert-OH is 1. The smallest absolute Gasteiger partial charge is 0.306 e. The first-order valence-corrected chi connectivity index (χ1v) is 19.1. The van der Waals surface area contributed by atoms with Crippen LogP contribution in [0.5, 0.6) is 0 Å². The number of hydrogen-bond donors (Lipinski definition) is 1. The molecule has 1 N–H and O–H groups in total. The highest BCUT2D eigenvalue weighted by atomic mass is 16.6. The van der Waals surface area contributed by atoms with Crippen LogP contribution in [0.25, 0.3) is 0 Å². The van der Waals surface area contributed by atoms with Gasteiger partial charge in [0.2, 0.25) is 0 Å². The Morgan fingerprint density at radius 1 is 0.500 bits per heavy atom. The van der Waals surface area contributed by atoms with Gasteiger partial charge in [-0.3, -0.25) is 9.59 Å². The molecule has 0 aromatic carbocycles. The molecule has 0 amide bonds. The highest BCUT2D eigenvalue weighted by Crippen LogP contribution is 2.10. The second kappa shape index (κ2) is 38.5. The first kappa shape index (κ1) is 45.1. The maximum atomic E-state index is 12.1. The van der Waals surface area contributed by atoms with E-state index in [1.54, 1.807) is 0 Å². The molecule has 0 heterocycles. The summed E-state index contributed by atoms with van der Waals surface area (Å²) in [7, 11) is 0. The zero-order chi connectivity index (χ0) is 35.0. The number of esters is 2. The fourth-order valence-corrected chi connectivity index (χ4v) is 4.78. The van der Waals surface area contributed by atoms with Crippen LogP contribution in [-0.2, 0) is 19.1 Å². The number of carbonyl (C=O) groups excluding carboxylic acids is 2. The second-order valence-electron chi connectivity index (χ2n) is 12.3. The van der Waals surface area contributed by atoms with Gasteiger partial charge in [-0.05, 0) is 89.9 Å². The molecule has 272 valence electrons. The molecule has 0 radical (unpaired) electrons. The lowest BCUT2D eigenvalue weighted by atomic mass is 10.1. The molecule has 0 aliphatic heterocycles. The van der Waals surface area contributed by atoms with Crippen LogP contribution >= 0.6 is 0 Å². The molecule has 0 aliphatic carbocycles. The molecular weight excluding hydrogens is 596 g/mol. The Bertz CT molecular complexity index is 937. The number of rotatable bonds is 33. The first-order chi connectivity index (χ1) is 23.6. The standard InChI is InChI=1S/C43H70O5/c1-3-5-7-9-11-13-15-17-19-20-21-22-24-25-27-29-31-33-35-37-42(45)47-40-41(39-44)48-43(46)38-36-34-32-30-28-26-23-18-16-14-12-10-8-6-4-2/h5,7,11-14,17-19,21-23,25,27,41,44H,3-4,6,8-10,15-16,20,24,26,28-40H2,1-2H3. The van der Waals surface area contributed by atoms with E-state index in [1.807, 2.05) is 0 Å². The normalized spacial score (nSPS) is 13.1. The summed E-state index contributed by atoms with van der Waals surface area (Å²) in [6, 6.07) is 0. The summed E-state index contributed by atoms with van der Waals surface area (Å²) in [6.45, 7) is 3.93. The van der Waals surface area contributed by atoms with E-state index in [1.165, 1.54) is 32.1 Å². The summed E-state index contributed by atoms with van der Waals surface area (Å²) in [5.41, 5.74) is 0. The predicted molar refractivity (Wildman–Crippen MR) is 205 cm³/mol. The Kier molecular flexibility index (Phi) is 36.2. The van der Waals surface area contributed by atoms with Gasteiger partial charge in [-0.25, -0.2) is 0 Å². The molecule has 48 heavy (non-hydrogen) atoms.